The van der Waals surface area contributed by atoms with Crippen molar-refractivity contribution in [1.82, 2.24) is 4.57 Å². The number of nitrogens with zero attached hydrogens (tertiary/aromatic N) is 2. The maximum atomic E-state index is 14.3. The summed E-state index contributed by atoms with van der Waals surface area (Å²) in [5, 5.41) is 0. The molecule has 2 aliphatic heterocycles. The van der Waals surface area contributed by atoms with E-state index in [-0.39, 0.29) is 37.7 Å². The minimum Gasteiger partial charge on any atom is -0.493 e. The van der Waals surface area contributed by atoms with Crippen molar-refractivity contribution in [2.75, 3.05) is 40.8 Å². The molecule has 272 valence electrons. The van der Waals surface area contributed by atoms with Gasteiger partial charge in [-0.1, -0.05) is 23.5 Å². The average molecular weight is 843 g/mol. The first kappa shape index (κ1) is 36.8. The fourth-order valence-corrected chi connectivity index (χ4v) is 7.51. The van der Waals surface area contributed by atoms with Crippen LogP contribution in [0.1, 0.15) is 43.5 Å². The number of hydrogen-bond acceptors (Lipinski definition) is 13. The first-order chi connectivity index (χ1) is 25.1. The van der Waals surface area contributed by atoms with E-state index < -0.39 is 18.0 Å². The number of allylic oxidation sites excluding steroid dienone is 1. The molecule has 3 aromatic carbocycles. The van der Waals surface area contributed by atoms with Gasteiger partial charge in [0.25, 0.3) is 5.56 Å². The van der Waals surface area contributed by atoms with Crippen LogP contribution in [0.25, 0.3) is 6.08 Å². The smallest absolute Gasteiger partial charge is 0.343 e. The minimum absolute atomic E-state index is 0.133. The molecular weight excluding hydrogens is 807 g/mol. The van der Waals surface area contributed by atoms with Crippen molar-refractivity contribution in [1.29, 1.82) is 0 Å². The SMILES string of the molecule is CCOC(=O)C1=C(C)N=c2s/c(=C\c3cc(I)c(OCc4ccc5c(c4)OCO5)c(OC)c3)c(=O)n2[C@@H]1c1ccc(OCC(=O)OC)c(OCC)c1. The van der Waals surface area contributed by atoms with Gasteiger partial charge in [-0.05, 0) is 103 Å². The molecule has 3 heterocycles. The number of benzene rings is 3. The van der Waals surface area contributed by atoms with Gasteiger partial charge in [0.05, 0.1) is 52.8 Å². The maximum absolute atomic E-state index is 14.3. The van der Waals surface area contributed by atoms with Crippen LogP contribution in [0.15, 0.2) is 69.6 Å². The average Bonchev–Trinajstić information content (AvgIpc) is 3.72. The maximum Gasteiger partial charge on any atom is 0.343 e. The number of carbonyl (C=O) groups excluding carboxylic acids is 2. The van der Waals surface area contributed by atoms with E-state index in [0.29, 0.717) is 67.3 Å². The molecule has 52 heavy (non-hydrogen) atoms. The number of carbonyl (C=O) groups is 2. The fourth-order valence-electron chi connectivity index (χ4n) is 5.69. The highest BCUT2D eigenvalue weighted by atomic mass is 127. The van der Waals surface area contributed by atoms with Crippen molar-refractivity contribution in [3.63, 3.8) is 0 Å². The number of halogens is 1. The second-order valence-electron chi connectivity index (χ2n) is 11.3. The van der Waals surface area contributed by atoms with Crippen LogP contribution in [0.2, 0.25) is 0 Å². The summed E-state index contributed by atoms with van der Waals surface area (Å²) in [6, 6.07) is 13.5. The van der Waals surface area contributed by atoms with E-state index in [2.05, 4.69) is 27.6 Å². The number of methoxy groups -OCH3 is 2. The zero-order valence-corrected chi connectivity index (χ0v) is 32.0. The van der Waals surface area contributed by atoms with Gasteiger partial charge in [0.2, 0.25) is 6.79 Å². The van der Waals surface area contributed by atoms with Crippen molar-refractivity contribution in [2.24, 2.45) is 4.99 Å². The monoisotopic (exact) mass is 842 g/mol. The Hall–Kier alpha value is -5.03. The number of hydrogen-bond donors (Lipinski definition) is 0. The third-order valence-corrected chi connectivity index (χ3v) is 9.83. The van der Waals surface area contributed by atoms with Gasteiger partial charge in [0, 0.05) is 0 Å². The van der Waals surface area contributed by atoms with E-state index in [0.717, 1.165) is 9.13 Å². The molecule has 15 heteroatoms. The molecule has 4 aromatic rings. The molecule has 0 radical (unpaired) electrons. The standard InChI is InChI=1S/C37H35IN2O11S/c1-6-46-28-16-23(9-11-25(28)48-18-31(41)45-5)33-32(36(43)47-7-2)20(3)39-37-40(33)35(42)30(52-37)15-22-12-24(38)34(29(14-22)44-4)49-17-21-8-10-26-27(13-21)51-19-50-26/h8-16,33H,6-7,17-19H2,1-5H3/b30-15-/t33-/m1/s1. The number of fused-ring (bicyclic) bond motifs is 2. The number of ether oxygens (including phenoxy) is 8. The van der Waals surface area contributed by atoms with Gasteiger partial charge in [-0.3, -0.25) is 9.36 Å². The molecule has 0 bridgehead atoms. The summed E-state index contributed by atoms with van der Waals surface area (Å²) in [6.07, 6.45) is 1.76. The van der Waals surface area contributed by atoms with E-state index in [1.165, 1.54) is 23.0 Å². The van der Waals surface area contributed by atoms with Gasteiger partial charge in [-0.2, -0.15) is 0 Å². The number of thiazole rings is 1. The van der Waals surface area contributed by atoms with Crippen LogP contribution in [-0.2, 0) is 25.7 Å². The van der Waals surface area contributed by atoms with Gasteiger partial charge >= 0.3 is 11.9 Å². The Bertz CT molecular complexity index is 2240. The zero-order valence-electron chi connectivity index (χ0n) is 29.0. The lowest BCUT2D eigenvalue weighted by Crippen LogP contribution is -2.40. The second-order valence-corrected chi connectivity index (χ2v) is 13.5. The van der Waals surface area contributed by atoms with Crippen molar-refractivity contribution < 1.29 is 47.5 Å². The summed E-state index contributed by atoms with van der Waals surface area (Å²) < 4.78 is 47.1. The molecule has 6 rings (SSSR count). The van der Waals surface area contributed by atoms with Crippen LogP contribution in [0.3, 0.4) is 0 Å². The summed E-state index contributed by atoms with van der Waals surface area (Å²) in [7, 11) is 2.82. The molecule has 13 nitrogen and oxygen atoms in total. The Morgan fingerprint density at radius 3 is 2.54 bits per heavy atom. The molecule has 0 N–H and O–H groups in total. The van der Waals surface area contributed by atoms with Crippen LogP contribution in [0.5, 0.6) is 34.5 Å². The van der Waals surface area contributed by atoms with Gasteiger partial charge in [-0.25, -0.2) is 14.6 Å². The van der Waals surface area contributed by atoms with Crippen LogP contribution in [0.4, 0.5) is 0 Å². The molecule has 0 saturated carbocycles. The van der Waals surface area contributed by atoms with Crippen LogP contribution >= 0.6 is 33.9 Å². The van der Waals surface area contributed by atoms with E-state index in [4.69, 9.17) is 37.9 Å². The Balaban J connectivity index is 1.38. The molecule has 0 aliphatic carbocycles. The third-order valence-electron chi connectivity index (χ3n) is 8.04. The second kappa shape index (κ2) is 16.1. The van der Waals surface area contributed by atoms with Crippen molar-refractivity contribution in [3.8, 4) is 34.5 Å². The Morgan fingerprint density at radius 2 is 1.79 bits per heavy atom. The molecule has 0 amide bonds. The van der Waals surface area contributed by atoms with Gasteiger partial charge in [0.15, 0.2) is 45.9 Å². The Morgan fingerprint density at radius 1 is 0.981 bits per heavy atom. The predicted octanol–water partition coefficient (Wildman–Crippen LogP) is 4.67. The Labute approximate surface area is 316 Å². The molecule has 2 aliphatic rings. The summed E-state index contributed by atoms with van der Waals surface area (Å²) >= 11 is 3.37. The predicted molar refractivity (Wildman–Crippen MR) is 198 cm³/mol. The Kier molecular flexibility index (Phi) is 11.4. The van der Waals surface area contributed by atoms with Crippen LogP contribution in [-0.4, -0.2) is 57.3 Å². The van der Waals surface area contributed by atoms with Crippen LogP contribution < -0.4 is 43.3 Å². The molecular formula is C37H35IN2O11S. The minimum atomic E-state index is -0.895. The van der Waals surface area contributed by atoms with Crippen molar-refractivity contribution in [2.45, 2.75) is 33.4 Å². The highest BCUT2D eigenvalue weighted by Crippen LogP contribution is 2.38. The van der Waals surface area contributed by atoms with E-state index in [1.807, 2.05) is 31.2 Å². The van der Waals surface area contributed by atoms with Gasteiger partial charge in [-0.15, -0.1) is 0 Å². The summed E-state index contributed by atoms with van der Waals surface area (Å²) in [5.41, 5.74) is 2.43. The fraction of sp³-hybridized carbons (Fsp3) is 0.297. The van der Waals surface area contributed by atoms with Crippen molar-refractivity contribution in [3.05, 3.63) is 99.7 Å². The molecule has 1 atom stereocenters. The van der Waals surface area contributed by atoms with Gasteiger partial charge in [0.1, 0.15) is 6.61 Å². The van der Waals surface area contributed by atoms with Crippen molar-refractivity contribution >= 4 is 51.9 Å². The molecule has 0 unspecified atom stereocenters. The van der Waals surface area contributed by atoms with Gasteiger partial charge < -0.3 is 37.9 Å². The normalized spacial score (nSPS) is 14.7. The largest absolute Gasteiger partial charge is 0.493 e. The molecule has 0 spiro atoms. The number of aromatic nitrogens is 1. The first-order valence-corrected chi connectivity index (χ1v) is 18.1. The lowest BCUT2D eigenvalue weighted by Gasteiger charge is -2.25. The molecule has 0 saturated heterocycles. The highest BCUT2D eigenvalue weighted by Gasteiger charge is 2.34. The quantitative estimate of drug-likeness (QED) is 0.137. The van der Waals surface area contributed by atoms with E-state index >= 15 is 0 Å². The number of rotatable bonds is 13. The summed E-state index contributed by atoms with van der Waals surface area (Å²) in [4.78, 5) is 44.6. The van der Waals surface area contributed by atoms with E-state index in [1.54, 1.807) is 51.3 Å². The third kappa shape index (κ3) is 7.60. The zero-order chi connectivity index (χ0) is 36.9. The lowest BCUT2D eigenvalue weighted by atomic mass is 9.95. The number of esters is 2. The summed E-state index contributed by atoms with van der Waals surface area (Å²) in [5.74, 6) is 1.88. The van der Waals surface area contributed by atoms with E-state index in [9.17, 15) is 14.4 Å². The molecule has 1 aromatic heterocycles. The summed E-state index contributed by atoms with van der Waals surface area (Å²) in [6.45, 7) is 5.79. The highest BCUT2D eigenvalue weighted by molar-refractivity contribution is 14.1. The molecule has 0 fully saturated rings. The topological polar surface area (TPSA) is 142 Å². The lowest BCUT2D eigenvalue weighted by molar-refractivity contribution is -0.143. The van der Waals surface area contributed by atoms with Crippen LogP contribution in [0, 0.1) is 3.57 Å². The first-order valence-electron chi connectivity index (χ1n) is 16.2.